The lowest BCUT2D eigenvalue weighted by molar-refractivity contribution is -0.142. The van der Waals surface area contributed by atoms with E-state index in [-0.39, 0.29) is 12.8 Å². The van der Waals surface area contributed by atoms with Crippen molar-refractivity contribution in [2.75, 3.05) is 0 Å². The Balaban J connectivity index is 5.45. The molecular weight excluding hydrogens is 446 g/mol. The van der Waals surface area contributed by atoms with Crippen LogP contribution in [0.25, 0.3) is 0 Å². The molecule has 0 aromatic heterocycles. The van der Waals surface area contributed by atoms with Crippen LogP contribution in [0.1, 0.15) is 45.4 Å². The van der Waals surface area contributed by atoms with Crippen LogP contribution in [0, 0.1) is 0 Å². The molecule has 0 aliphatic heterocycles. The van der Waals surface area contributed by atoms with Gasteiger partial charge in [0, 0.05) is 19.3 Å². The van der Waals surface area contributed by atoms with Gasteiger partial charge < -0.3 is 42.7 Å². The fourth-order valence-corrected chi connectivity index (χ4v) is 2.43. The van der Waals surface area contributed by atoms with Gasteiger partial charge in [-0.05, 0) is 26.2 Å². The third-order valence-corrected chi connectivity index (χ3v) is 4.33. The molecule has 4 amide bonds. The van der Waals surface area contributed by atoms with Gasteiger partial charge in [-0.2, -0.15) is 0 Å². The number of rotatable bonds is 16. The summed E-state index contributed by atoms with van der Waals surface area (Å²) in [6, 6.07) is -5.53. The van der Waals surface area contributed by atoms with Crippen molar-refractivity contribution in [2.45, 2.75) is 69.6 Å². The fourth-order valence-electron chi connectivity index (χ4n) is 2.43. The van der Waals surface area contributed by atoms with E-state index in [2.05, 4.69) is 16.0 Å². The van der Waals surface area contributed by atoms with Crippen LogP contribution >= 0.6 is 0 Å². The number of primary amides is 1. The van der Waals surface area contributed by atoms with E-state index >= 15 is 0 Å². The van der Waals surface area contributed by atoms with E-state index in [4.69, 9.17) is 26.8 Å². The minimum Gasteiger partial charge on any atom is -0.481 e. The summed E-state index contributed by atoms with van der Waals surface area (Å²) < 4.78 is 0. The van der Waals surface area contributed by atoms with Gasteiger partial charge in [0.25, 0.3) is 0 Å². The van der Waals surface area contributed by atoms with Crippen molar-refractivity contribution in [3.8, 4) is 0 Å². The zero-order chi connectivity index (χ0) is 25.7. The number of aliphatic carboxylic acids is 3. The third kappa shape index (κ3) is 12.6. The molecule has 4 unspecified atom stereocenters. The highest BCUT2D eigenvalue weighted by molar-refractivity contribution is 5.94. The largest absolute Gasteiger partial charge is 0.481 e. The second-order valence-corrected chi connectivity index (χ2v) is 7.17. The second-order valence-electron chi connectivity index (χ2n) is 7.17. The van der Waals surface area contributed by atoms with Gasteiger partial charge in [-0.15, -0.1) is 0 Å². The molecule has 0 saturated carbocycles. The molecule has 0 aromatic rings. The molecule has 0 aliphatic carbocycles. The molecule has 10 N–H and O–H groups in total. The molecular formula is C18H29N5O10. The van der Waals surface area contributed by atoms with Crippen LogP contribution in [0.2, 0.25) is 0 Å². The maximum absolute atomic E-state index is 12.7. The molecule has 15 nitrogen and oxygen atoms in total. The Labute approximate surface area is 188 Å². The topological polar surface area (TPSA) is 268 Å². The first-order valence-electron chi connectivity index (χ1n) is 9.86. The molecule has 186 valence electrons. The summed E-state index contributed by atoms with van der Waals surface area (Å²) in [4.78, 5) is 80.8. The molecule has 0 aliphatic rings. The number of hydrogen-bond acceptors (Lipinski definition) is 8. The zero-order valence-electron chi connectivity index (χ0n) is 17.9. The van der Waals surface area contributed by atoms with E-state index in [1.54, 1.807) is 0 Å². The van der Waals surface area contributed by atoms with E-state index in [0.29, 0.717) is 0 Å². The van der Waals surface area contributed by atoms with Crippen molar-refractivity contribution in [2.24, 2.45) is 11.5 Å². The third-order valence-electron chi connectivity index (χ3n) is 4.33. The first-order chi connectivity index (χ1) is 15.2. The van der Waals surface area contributed by atoms with Gasteiger partial charge in [0.05, 0.1) is 6.04 Å². The number of amides is 4. The molecule has 0 radical (unpaired) electrons. The number of carbonyl (C=O) groups excluding carboxylic acids is 4. The smallest absolute Gasteiger partial charge is 0.325 e. The van der Waals surface area contributed by atoms with Crippen molar-refractivity contribution < 1.29 is 48.9 Å². The predicted octanol–water partition coefficient (Wildman–Crippen LogP) is -3.13. The van der Waals surface area contributed by atoms with Crippen LogP contribution in [0.15, 0.2) is 0 Å². The van der Waals surface area contributed by atoms with Gasteiger partial charge in [-0.1, -0.05) is 0 Å². The van der Waals surface area contributed by atoms with Crippen LogP contribution in [0.5, 0.6) is 0 Å². The van der Waals surface area contributed by atoms with Crippen molar-refractivity contribution in [1.29, 1.82) is 0 Å². The summed E-state index contributed by atoms with van der Waals surface area (Å²) in [6.45, 7) is 1.15. The van der Waals surface area contributed by atoms with Gasteiger partial charge in [-0.25, -0.2) is 0 Å². The Morgan fingerprint density at radius 2 is 1.12 bits per heavy atom. The molecule has 0 fully saturated rings. The van der Waals surface area contributed by atoms with Crippen LogP contribution in [-0.2, 0) is 33.6 Å². The number of carboxylic acids is 3. The van der Waals surface area contributed by atoms with Crippen LogP contribution in [0.4, 0.5) is 0 Å². The highest BCUT2D eigenvalue weighted by Gasteiger charge is 2.30. The zero-order valence-corrected chi connectivity index (χ0v) is 17.9. The highest BCUT2D eigenvalue weighted by atomic mass is 16.4. The second kappa shape index (κ2) is 14.3. The summed E-state index contributed by atoms with van der Waals surface area (Å²) in [5.41, 5.74) is 10.6. The molecule has 0 saturated heterocycles. The molecule has 15 heteroatoms. The van der Waals surface area contributed by atoms with Crippen molar-refractivity contribution in [3.63, 3.8) is 0 Å². The number of hydrogen-bond donors (Lipinski definition) is 8. The summed E-state index contributed by atoms with van der Waals surface area (Å²) in [5, 5.41) is 33.2. The van der Waals surface area contributed by atoms with E-state index in [9.17, 15) is 33.6 Å². The molecule has 0 rings (SSSR count). The highest BCUT2D eigenvalue weighted by Crippen LogP contribution is 2.05. The number of nitrogens with two attached hydrogens (primary N) is 2. The average molecular weight is 475 g/mol. The fraction of sp³-hybridized carbons (Fsp3) is 0.611. The lowest BCUT2D eigenvalue weighted by Crippen LogP contribution is -2.57. The quantitative estimate of drug-likeness (QED) is 0.110. The SMILES string of the molecule is CC(NC(=O)C(CCC(=O)O)NC(=O)C(CCC(=O)O)NC(=O)C(N)CCC(N)=O)C(=O)O. The number of carboxylic acid groups (broad SMARTS) is 3. The Morgan fingerprint density at radius 1 is 0.697 bits per heavy atom. The van der Waals surface area contributed by atoms with E-state index in [1.165, 1.54) is 0 Å². The Hall–Kier alpha value is -3.75. The number of nitrogens with one attached hydrogen (secondary N) is 3. The van der Waals surface area contributed by atoms with Crippen LogP contribution in [-0.4, -0.2) is 81.0 Å². The van der Waals surface area contributed by atoms with Crippen LogP contribution in [0.3, 0.4) is 0 Å². The molecule has 0 spiro atoms. The van der Waals surface area contributed by atoms with Gasteiger partial charge in [0.15, 0.2) is 0 Å². The van der Waals surface area contributed by atoms with E-state index < -0.39 is 91.4 Å². The molecule has 4 atom stereocenters. The Kier molecular flexibility index (Phi) is 12.7. The van der Waals surface area contributed by atoms with Gasteiger partial charge >= 0.3 is 17.9 Å². The van der Waals surface area contributed by atoms with Gasteiger partial charge in [0.1, 0.15) is 18.1 Å². The monoisotopic (exact) mass is 475 g/mol. The molecule has 0 aromatic carbocycles. The normalized spacial score (nSPS) is 14.1. The number of carbonyl (C=O) groups is 7. The minimum absolute atomic E-state index is 0.134. The summed E-state index contributed by atoms with van der Waals surface area (Å²) in [6.07, 6.45) is -2.24. The van der Waals surface area contributed by atoms with Crippen molar-refractivity contribution in [1.82, 2.24) is 16.0 Å². The van der Waals surface area contributed by atoms with Crippen molar-refractivity contribution >= 4 is 41.5 Å². The van der Waals surface area contributed by atoms with Gasteiger partial charge in [0.2, 0.25) is 23.6 Å². The van der Waals surface area contributed by atoms with Crippen molar-refractivity contribution in [3.05, 3.63) is 0 Å². The first-order valence-corrected chi connectivity index (χ1v) is 9.86. The molecule has 0 bridgehead atoms. The maximum Gasteiger partial charge on any atom is 0.325 e. The average Bonchev–Trinajstić information content (AvgIpc) is 2.71. The Morgan fingerprint density at radius 3 is 1.52 bits per heavy atom. The first kappa shape index (κ1) is 29.2. The maximum atomic E-state index is 12.7. The van der Waals surface area contributed by atoms with Crippen LogP contribution < -0.4 is 27.4 Å². The van der Waals surface area contributed by atoms with E-state index in [0.717, 1.165) is 6.92 Å². The van der Waals surface area contributed by atoms with E-state index in [1.807, 2.05) is 0 Å². The standard InChI is InChI=1S/C18H29N5O10/c1-8(18(32)33)21-16(30)10(3-6-13(25)26)23-17(31)11(4-7-14(27)28)22-15(29)9(19)2-5-12(20)24/h8-11H,2-7,19H2,1H3,(H2,20,24)(H,21,30)(H,22,29)(H,23,31)(H,25,26)(H,27,28)(H,32,33). The lowest BCUT2D eigenvalue weighted by atomic mass is 10.1. The summed E-state index contributed by atoms with van der Waals surface area (Å²) in [7, 11) is 0. The molecule has 33 heavy (non-hydrogen) atoms. The summed E-state index contributed by atoms with van der Waals surface area (Å²) >= 11 is 0. The predicted molar refractivity (Wildman–Crippen MR) is 109 cm³/mol. The summed E-state index contributed by atoms with van der Waals surface area (Å²) in [5.74, 6) is -7.53. The molecule has 0 heterocycles. The Bertz CT molecular complexity index is 772. The van der Waals surface area contributed by atoms with Gasteiger partial charge in [-0.3, -0.25) is 33.6 Å². The lowest BCUT2D eigenvalue weighted by Gasteiger charge is -2.24. The minimum atomic E-state index is -1.48.